The third kappa shape index (κ3) is 4.47. The van der Waals surface area contributed by atoms with Crippen molar-refractivity contribution in [3.8, 4) is 0 Å². The van der Waals surface area contributed by atoms with Crippen LogP contribution in [-0.2, 0) is 9.59 Å². The molecule has 0 saturated heterocycles. The SMILES string of the molecule is CCC[C@@H](N[C@@H](C)C(=O)O)C(=O)O. The molecule has 0 saturated carbocycles. The standard InChI is InChI=1S/C8H15NO4/c1-3-4-6(8(12)13)9-5(2)7(10)11/h5-6,9H,3-4H2,1-2H3,(H,10,11)(H,12,13)/t5-,6+/m0/s1. The third-order valence-corrected chi connectivity index (χ3v) is 1.70. The molecule has 5 nitrogen and oxygen atoms in total. The van der Waals surface area contributed by atoms with Crippen LogP contribution in [-0.4, -0.2) is 34.2 Å². The molecule has 2 atom stereocenters. The molecule has 0 rings (SSSR count). The summed E-state index contributed by atoms with van der Waals surface area (Å²) in [5, 5.41) is 19.7. The van der Waals surface area contributed by atoms with Crippen LogP contribution >= 0.6 is 0 Å². The molecular formula is C8H15NO4. The lowest BCUT2D eigenvalue weighted by Crippen LogP contribution is -2.45. The maximum Gasteiger partial charge on any atom is 0.320 e. The molecule has 0 aliphatic rings. The Morgan fingerprint density at radius 2 is 1.85 bits per heavy atom. The van der Waals surface area contributed by atoms with E-state index in [-0.39, 0.29) is 0 Å². The van der Waals surface area contributed by atoms with Gasteiger partial charge in [-0.15, -0.1) is 0 Å². The summed E-state index contributed by atoms with van der Waals surface area (Å²) in [5.41, 5.74) is 0. The molecule has 0 unspecified atom stereocenters. The van der Waals surface area contributed by atoms with Gasteiger partial charge in [-0.3, -0.25) is 14.9 Å². The lowest BCUT2D eigenvalue weighted by Gasteiger charge is -2.16. The number of carbonyl (C=O) groups is 2. The first kappa shape index (κ1) is 11.9. The molecule has 13 heavy (non-hydrogen) atoms. The third-order valence-electron chi connectivity index (χ3n) is 1.70. The lowest BCUT2D eigenvalue weighted by atomic mass is 10.1. The summed E-state index contributed by atoms with van der Waals surface area (Å²) in [6.07, 6.45) is 1.14. The highest BCUT2D eigenvalue weighted by atomic mass is 16.4. The summed E-state index contributed by atoms with van der Waals surface area (Å²) < 4.78 is 0. The van der Waals surface area contributed by atoms with Gasteiger partial charge in [0.15, 0.2) is 0 Å². The van der Waals surface area contributed by atoms with Gasteiger partial charge in [0.05, 0.1) is 0 Å². The van der Waals surface area contributed by atoms with Crippen LogP contribution in [0.25, 0.3) is 0 Å². The predicted octanol–water partition coefficient (Wildman–Crippen LogP) is 0.302. The first-order valence-electron chi connectivity index (χ1n) is 4.20. The van der Waals surface area contributed by atoms with E-state index in [1.807, 2.05) is 6.92 Å². The maximum atomic E-state index is 10.6. The van der Waals surface area contributed by atoms with E-state index in [4.69, 9.17) is 10.2 Å². The molecule has 0 aromatic heterocycles. The topological polar surface area (TPSA) is 86.6 Å². The predicted molar refractivity (Wildman–Crippen MR) is 46.6 cm³/mol. The molecule has 0 aliphatic carbocycles. The van der Waals surface area contributed by atoms with Crippen LogP contribution in [0.3, 0.4) is 0 Å². The number of nitrogens with one attached hydrogen (secondary N) is 1. The Bertz CT molecular complexity index is 193. The van der Waals surface area contributed by atoms with Crippen LogP contribution < -0.4 is 5.32 Å². The van der Waals surface area contributed by atoms with Crippen molar-refractivity contribution in [2.45, 2.75) is 38.8 Å². The zero-order valence-corrected chi connectivity index (χ0v) is 7.78. The van der Waals surface area contributed by atoms with Crippen LogP contribution in [0.2, 0.25) is 0 Å². The van der Waals surface area contributed by atoms with Gasteiger partial charge < -0.3 is 10.2 Å². The Hall–Kier alpha value is -1.10. The molecule has 0 aromatic rings. The van der Waals surface area contributed by atoms with Crippen LogP contribution in [0, 0.1) is 0 Å². The van der Waals surface area contributed by atoms with Gasteiger partial charge in [-0.1, -0.05) is 13.3 Å². The van der Waals surface area contributed by atoms with Crippen molar-refractivity contribution in [2.75, 3.05) is 0 Å². The number of carboxylic acid groups (broad SMARTS) is 2. The molecule has 0 radical (unpaired) electrons. The molecular weight excluding hydrogens is 174 g/mol. The van der Waals surface area contributed by atoms with Crippen molar-refractivity contribution in [1.29, 1.82) is 0 Å². The van der Waals surface area contributed by atoms with Crippen molar-refractivity contribution < 1.29 is 19.8 Å². The van der Waals surface area contributed by atoms with E-state index in [1.54, 1.807) is 0 Å². The minimum Gasteiger partial charge on any atom is -0.480 e. The molecule has 0 heterocycles. The molecule has 0 amide bonds. The quantitative estimate of drug-likeness (QED) is 0.559. The van der Waals surface area contributed by atoms with Crippen molar-refractivity contribution in [2.24, 2.45) is 0 Å². The number of rotatable bonds is 6. The van der Waals surface area contributed by atoms with Crippen LogP contribution in [0.15, 0.2) is 0 Å². The van der Waals surface area contributed by atoms with E-state index in [0.717, 1.165) is 0 Å². The van der Waals surface area contributed by atoms with E-state index >= 15 is 0 Å². The number of hydrogen-bond acceptors (Lipinski definition) is 3. The van der Waals surface area contributed by atoms with Gasteiger partial charge in [-0.05, 0) is 13.3 Å². The second kappa shape index (κ2) is 5.53. The molecule has 0 aromatic carbocycles. The summed E-state index contributed by atoms with van der Waals surface area (Å²) >= 11 is 0. The molecule has 0 spiro atoms. The highest BCUT2D eigenvalue weighted by Crippen LogP contribution is 1.98. The summed E-state index contributed by atoms with van der Waals surface area (Å²) in [6, 6.07) is -1.59. The maximum absolute atomic E-state index is 10.6. The van der Waals surface area contributed by atoms with Crippen LogP contribution in [0.5, 0.6) is 0 Å². The summed E-state index contributed by atoms with van der Waals surface area (Å²) in [6.45, 7) is 3.27. The Balaban J connectivity index is 4.09. The smallest absolute Gasteiger partial charge is 0.320 e. The Kier molecular flexibility index (Phi) is 5.06. The zero-order chi connectivity index (χ0) is 10.4. The highest BCUT2D eigenvalue weighted by Gasteiger charge is 2.21. The molecule has 0 aliphatic heterocycles. The second-order valence-corrected chi connectivity index (χ2v) is 2.91. The summed E-state index contributed by atoms with van der Waals surface area (Å²) in [5.74, 6) is -2.04. The van der Waals surface area contributed by atoms with E-state index in [1.165, 1.54) is 6.92 Å². The fourth-order valence-corrected chi connectivity index (χ4v) is 0.940. The second-order valence-electron chi connectivity index (χ2n) is 2.91. The molecule has 0 bridgehead atoms. The largest absolute Gasteiger partial charge is 0.480 e. The van der Waals surface area contributed by atoms with Crippen molar-refractivity contribution in [3.05, 3.63) is 0 Å². The van der Waals surface area contributed by atoms with E-state index in [2.05, 4.69) is 5.32 Å². The van der Waals surface area contributed by atoms with Gasteiger partial charge in [-0.25, -0.2) is 0 Å². The van der Waals surface area contributed by atoms with Crippen LogP contribution in [0.1, 0.15) is 26.7 Å². The monoisotopic (exact) mass is 189 g/mol. The van der Waals surface area contributed by atoms with E-state index < -0.39 is 24.0 Å². The molecule has 5 heteroatoms. The van der Waals surface area contributed by atoms with Gasteiger partial charge in [0, 0.05) is 0 Å². The fourth-order valence-electron chi connectivity index (χ4n) is 0.940. The van der Waals surface area contributed by atoms with Gasteiger partial charge in [0.1, 0.15) is 12.1 Å². The average molecular weight is 189 g/mol. The van der Waals surface area contributed by atoms with Gasteiger partial charge >= 0.3 is 11.9 Å². The molecule has 76 valence electrons. The van der Waals surface area contributed by atoms with Crippen molar-refractivity contribution in [3.63, 3.8) is 0 Å². The normalized spacial score (nSPS) is 14.9. The molecule has 3 N–H and O–H groups in total. The van der Waals surface area contributed by atoms with Gasteiger partial charge in [0.25, 0.3) is 0 Å². The van der Waals surface area contributed by atoms with Gasteiger partial charge in [-0.2, -0.15) is 0 Å². The first-order valence-corrected chi connectivity index (χ1v) is 4.20. The van der Waals surface area contributed by atoms with Crippen LogP contribution in [0.4, 0.5) is 0 Å². The number of hydrogen-bond donors (Lipinski definition) is 3. The fraction of sp³-hybridized carbons (Fsp3) is 0.750. The lowest BCUT2D eigenvalue weighted by molar-refractivity contribution is -0.142. The van der Waals surface area contributed by atoms with E-state index in [9.17, 15) is 9.59 Å². The van der Waals surface area contributed by atoms with Gasteiger partial charge in [0.2, 0.25) is 0 Å². The van der Waals surface area contributed by atoms with Crippen molar-refractivity contribution in [1.82, 2.24) is 5.32 Å². The minimum atomic E-state index is -1.04. The Labute approximate surface area is 76.8 Å². The number of carboxylic acids is 2. The highest BCUT2D eigenvalue weighted by molar-refractivity contribution is 5.77. The van der Waals surface area contributed by atoms with E-state index in [0.29, 0.717) is 12.8 Å². The summed E-state index contributed by atoms with van der Waals surface area (Å²) in [7, 11) is 0. The molecule has 0 fully saturated rings. The number of aliphatic carboxylic acids is 2. The van der Waals surface area contributed by atoms with Crippen molar-refractivity contribution >= 4 is 11.9 Å². The minimum absolute atomic E-state index is 0.437. The Morgan fingerprint density at radius 3 is 2.15 bits per heavy atom. The zero-order valence-electron chi connectivity index (χ0n) is 7.78. The average Bonchev–Trinajstić information content (AvgIpc) is 2.03. The summed E-state index contributed by atoms with van der Waals surface area (Å²) in [4.78, 5) is 21.0. The Morgan fingerprint density at radius 1 is 1.31 bits per heavy atom. The first-order chi connectivity index (χ1) is 5.99.